The molecule has 0 nitrogen and oxygen atoms in total. The summed E-state index contributed by atoms with van der Waals surface area (Å²) in [7, 11) is 0. The van der Waals surface area contributed by atoms with E-state index in [1.165, 1.54) is 5.56 Å². The lowest BCUT2D eigenvalue weighted by molar-refractivity contribution is 1.04. The number of hydrogen-bond acceptors (Lipinski definition) is 0. The largest absolute Gasteiger partial charge is 0.0898 e. The van der Waals surface area contributed by atoms with Crippen molar-refractivity contribution in [2.45, 2.75) is 12.8 Å². The Bertz CT molecular complexity index is 285. The molecule has 0 aliphatic rings. The zero-order valence-electron chi connectivity index (χ0n) is 7.54. The average molecular weight is 193 g/mol. The van der Waals surface area contributed by atoms with Gasteiger partial charge in [-0.2, -0.15) is 0 Å². The summed E-state index contributed by atoms with van der Waals surface area (Å²) >= 11 is 5.63. The van der Waals surface area contributed by atoms with Crippen LogP contribution in [0.4, 0.5) is 0 Å². The maximum absolute atomic E-state index is 5.63. The van der Waals surface area contributed by atoms with E-state index >= 15 is 0 Å². The van der Waals surface area contributed by atoms with Gasteiger partial charge in [-0.3, -0.25) is 0 Å². The molecule has 0 saturated carbocycles. The molecule has 0 atom stereocenters. The predicted octanol–water partition coefficient (Wildman–Crippen LogP) is 4.23. The summed E-state index contributed by atoms with van der Waals surface area (Å²) in [4.78, 5) is 0. The number of halogens is 1. The molecule has 0 fully saturated rings. The second-order valence-electron chi connectivity index (χ2n) is 2.87. The minimum Gasteiger partial charge on any atom is -0.0898 e. The van der Waals surface area contributed by atoms with Gasteiger partial charge in [0.25, 0.3) is 0 Å². The van der Waals surface area contributed by atoms with Crippen molar-refractivity contribution < 1.29 is 0 Å². The van der Waals surface area contributed by atoms with E-state index in [1.807, 2.05) is 18.2 Å². The van der Waals surface area contributed by atoms with Gasteiger partial charge in [-0.25, -0.2) is 0 Å². The maximum Gasteiger partial charge on any atom is 0.0112 e. The van der Waals surface area contributed by atoms with Crippen LogP contribution in [0.15, 0.2) is 48.0 Å². The molecular weight excluding hydrogens is 180 g/mol. The summed E-state index contributed by atoms with van der Waals surface area (Å²) in [5, 5.41) is 0.720. The molecule has 1 aromatic rings. The predicted molar refractivity (Wildman–Crippen MR) is 59.7 cm³/mol. The topological polar surface area (TPSA) is 0 Å². The van der Waals surface area contributed by atoms with Gasteiger partial charge in [-0.1, -0.05) is 60.7 Å². The molecule has 1 aromatic carbocycles. The van der Waals surface area contributed by atoms with Crippen molar-refractivity contribution in [2.24, 2.45) is 0 Å². The Labute approximate surface area is 84.5 Å². The number of rotatable bonds is 4. The molecule has 0 unspecified atom stereocenters. The first-order valence-corrected chi connectivity index (χ1v) is 4.71. The van der Waals surface area contributed by atoms with E-state index in [-0.39, 0.29) is 0 Å². The van der Waals surface area contributed by atoms with Gasteiger partial charge in [-0.15, -0.1) is 0 Å². The van der Waals surface area contributed by atoms with Crippen LogP contribution in [0, 0.1) is 0 Å². The Balaban J connectivity index is 2.37. The molecule has 0 aromatic heterocycles. The summed E-state index contributed by atoms with van der Waals surface area (Å²) in [6, 6.07) is 10.2. The second kappa shape index (κ2) is 5.60. The van der Waals surface area contributed by atoms with E-state index in [1.54, 1.807) is 0 Å². The van der Waals surface area contributed by atoms with Gasteiger partial charge in [0.05, 0.1) is 0 Å². The van der Waals surface area contributed by atoms with Gasteiger partial charge < -0.3 is 0 Å². The summed E-state index contributed by atoms with van der Waals surface area (Å²) in [6.07, 6.45) is 6.02. The molecule has 1 rings (SSSR count). The number of hydrogen-bond donors (Lipinski definition) is 0. The van der Waals surface area contributed by atoms with Crippen LogP contribution in [0.1, 0.15) is 18.4 Å². The molecule has 0 heterocycles. The SMILES string of the molecule is C=C(Cl)CC/C=C/c1ccccc1. The Hall–Kier alpha value is -1.01. The molecule has 0 radical (unpaired) electrons. The molecular formula is C12H13Cl. The third kappa shape index (κ3) is 4.54. The van der Waals surface area contributed by atoms with E-state index in [0.717, 1.165) is 17.9 Å². The molecule has 0 N–H and O–H groups in total. The van der Waals surface area contributed by atoms with Crippen molar-refractivity contribution in [1.82, 2.24) is 0 Å². The van der Waals surface area contributed by atoms with Crippen molar-refractivity contribution >= 4 is 17.7 Å². The van der Waals surface area contributed by atoms with Crippen LogP contribution in [-0.4, -0.2) is 0 Å². The van der Waals surface area contributed by atoms with Crippen LogP contribution in [0.2, 0.25) is 0 Å². The van der Waals surface area contributed by atoms with Crippen molar-refractivity contribution in [3.63, 3.8) is 0 Å². The maximum atomic E-state index is 5.63. The summed E-state index contributed by atoms with van der Waals surface area (Å²) in [5.41, 5.74) is 1.22. The molecule has 0 bridgehead atoms. The lowest BCUT2D eigenvalue weighted by Gasteiger charge is -1.92. The highest BCUT2D eigenvalue weighted by Gasteiger charge is 1.85. The van der Waals surface area contributed by atoms with Gasteiger partial charge in [0, 0.05) is 5.03 Å². The highest BCUT2D eigenvalue weighted by atomic mass is 35.5. The van der Waals surface area contributed by atoms with E-state index in [0.29, 0.717) is 0 Å². The molecule has 0 amide bonds. The fraction of sp³-hybridized carbons (Fsp3) is 0.167. The first-order valence-electron chi connectivity index (χ1n) is 4.34. The van der Waals surface area contributed by atoms with Crippen LogP contribution in [0.5, 0.6) is 0 Å². The highest BCUT2D eigenvalue weighted by molar-refractivity contribution is 6.29. The Morgan fingerprint density at radius 2 is 2.00 bits per heavy atom. The van der Waals surface area contributed by atoms with Gasteiger partial charge in [0.15, 0.2) is 0 Å². The smallest absolute Gasteiger partial charge is 0.0112 e. The Kier molecular flexibility index (Phi) is 4.34. The van der Waals surface area contributed by atoms with Crippen molar-refractivity contribution in [1.29, 1.82) is 0 Å². The van der Waals surface area contributed by atoms with Gasteiger partial charge in [-0.05, 0) is 18.4 Å². The molecule has 0 saturated heterocycles. The van der Waals surface area contributed by atoms with E-state index in [4.69, 9.17) is 11.6 Å². The monoisotopic (exact) mass is 192 g/mol. The van der Waals surface area contributed by atoms with E-state index in [2.05, 4.69) is 30.9 Å². The van der Waals surface area contributed by atoms with Gasteiger partial charge in [0.2, 0.25) is 0 Å². The fourth-order valence-corrected chi connectivity index (χ4v) is 1.13. The third-order valence-corrected chi connectivity index (χ3v) is 1.88. The van der Waals surface area contributed by atoms with Crippen LogP contribution in [0.25, 0.3) is 6.08 Å². The molecule has 1 heteroatoms. The normalized spacial score (nSPS) is 10.5. The zero-order valence-corrected chi connectivity index (χ0v) is 8.30. The lowest BCUT2D eigenvalue weighted by Crippen LogP contribution is -1.71. The van der Waals surface area contributed by atoms with Crippen LogP contribution in [-0.2, 0) is 0 Å². The highest BCUT2D eigenvalue weighted by Crippen LogP contribution is 2.08. The molecule has 13 heavy (non-hydrogen) atoms. The summed E-state index contributed by atoms with van der Waals surface area (Å²) < 4.78 is 0. The van der Waals surface area contributed by atoms with Gasteiger partial charge >= 0.3 is 0 Å². The van der Waals surface area contributed by atoms with Crippen LogP contribution < -0.4 is 0 Å². The van der Waals surface area contributed by atoms with Crippen molar-refractivity contribution in [3.05, 3.63) is 53.6 Å². The number of benzene rings is 1. The van der Waals surface area contributed by atoms with E-state index in [9.17, 15) is 0 Å². The van der Waals surface area contributed by atoms with Crippen LogP contribution in [0.3, 0.4) is 0 Å². The van der Waals surface area contributed by atoms with Crippen molar-refractivity contribution in [2.75, 3.05) is 0 Å². The first kappa shape index (κ1) is 10.1. The fourth-order valence-electron chi connectivity index (χ4n) is 1.02. The Morgan fingerprint density at radius 1 is 1.31 bits per heavy atom. The Morgan fingerprint density at radius 3 is 2.62 bits per heavy atom. The van der Waals surface area contributed by atoms with E-state index < -0.39 is 0 Å². The third-order valence-electron chi connectivity index (χ3n) is 1.69. The molecule has 0 spiro atoms. The van der Waals surface area contributed by atoms with Crippen molar-refractivity contribution in [3.8, 4) is 0 Å². The van der Waals surface area contributed by atoms with Gasteiger partial charge in [0.1, 0.15) is 0 Å². The molecule has 0 aliphatic carbocycles. The zero-order chi connectivity index (χ0) is 9.52. The summed E-state index contributed by atoms with van der Waals surface area (Å²) in [6.45, 7) is 3.63. The molecule has 68 valence electrons. The number of allylic oxidation sites excluding steroid dienone is 2. The quantitative estimate of drug-likeness (QED) is 0.670. The first-order chi connectivity index (χ1) is 6.29. The lowest BCUT2D eigenvalue weighted by atomic mass is 10.2. The minimum absolute atomic E-state index is 0.720. The molecule has 0 aliphatic heterocycles. The summed E-state index contributed by atoms with van der Waals surface area (Å²) in [5.74, 6) is 0. The van der Waals surface area contributed by atoms with Crippen LogP contribution >= 0.6 is 11.6 Å². The standard InChI is InChI=1S/C12H13Cl/c1-11(13)7-5-6-10-12-8-3-2-4-9-12/h2-4,6,8-10H,1,5,7H2/b10-6+. The second-order valence-corrected chi connectivity index (χ2v) is 3.40. The minimum atomic E-state index is 0.720. The average Bonchev–Trinajstić information content (AvgIpc) is 2.14.